The monoisotopic (exact) mass is 291 g/mol. The Morgan fingerprint density at radius 1 is 1.43 bits per heavy atom. The van der Waals surface area contributed by atoms with Crippen molar-refractivity contribution in [3.63, 3.8) is 0 Å². The van der Waals surface area contributed by atoms with Crippen LogP contribution in [0.3, 0.4) is 0 Å². The lowest BCUT2D eigenvalue weighted by atomic mass is 10.1. The van der Waals surface area contributed by atoms with E-state index in [1.807, 2.05) is 0 Å². The molecule has 0 aliphatic heterocycles. The average molecular weight is 291 g/mol. The van der Waals surface area contributed by atoms with Crippen LogP contribution < -0.4 is 5.32 Å². The van der Waals surface area contributed by atoms with Crippen LogP contribution in [0.1, 0.15) is 15.9 Å². The van der Waals surface area contributed by atoms with Crippen LogP contribution in [-0.2, 0) is 16.1 Å². The van der Waals surface area contributed by atoms with Gasteiger partial charge in [0.25, 0.3) is 5.91 Å². The third kappa shape index (κ3) is 3.65. The van der Waals surface area contributed by atoms with Crippen molar-refractivity contribution in [2.24, 2.45) is 0 Å². The second-order valence-electron chi connectivity index (χ2n) is 4.42. The number of hydrogen-bond acceptors (Lipinski definition) is 4. The van der Waals surface area contributed by atoms with Crippen LogP contribution in [-0.4, -0.2) is 28.8 Å². The van der Waals surface area contributed by atoms with Crippen molar-refractivity contribution in [2.75, 3.05) is 12.4 Å². The lowest BCUT2D eigenvalue weighted by Crippen LogP contribution is -2.13. The molecule has 0 saturated carbocycles. The minimum Gasteiger partial charge on any atom is -0.468 e. The number of hydrogen-bond donors (Lipinski definition) is 1. The molecule has 2 aromatic rings. The van der Waals surface area contributed by atoms with Crippen molar-refractivity contribution >= 4 is 17.6 Å². The van der Waals surface area contributed by atoms with Gasteiger partial charge in [-0.15, -0.1) is 0 Å². The Balaban J connectivity index is 2.05. The van der Waals surface area contributed by atoms with Gasteiger partial charge in [0.2, 0.25) is 0 Å². The Labute approximate surface area is 120 Å². The van der Waals surface area contributed by atoms with Gasteiger partial charge in [-0.2, -0.15) is 5.10 Å². The number of rotatable bonds is 4. The highest BCUT2D eigenvalue weighted by molar-refractivity contribution is 6.04. The van der Waals surface area contributed by atoms with E-state index in [2.05, 4.69) is 15.2 Å². The summed E-state index contributed by atoms with van der Waals surface area (Å²) in [5, 5.41) is 6.49. The Kier molecular flexibility index (Phi) is 4.32. The molecule has 0 radical (unpaired) electrons. The lowest BCUT2D eigenvalue weighted by molar-refractivity contribution is -0.141. The number of aryl methyl sites for hydroxylation is 1. The van der Waals surface area contributed by atoms with Crippen LogP contribution in [0.4, 0.5) is 10.1 Å². The maximum atomic E-state index is 13.4. The van der Waals surface area contributed by atoms with Gasteiger partial charge in [-0.1, -0.05) is 6.07 Å². The summed E-state index contributed by atoms with van der Waals surface area (Å²) >= 11 is 0. The predicted octanol–water partition coefficient (Wildman–Crippen LogP) is 1.76. The molecular weight excluding hydrogens is 277 g/mol. The molecule has 1 amide bonds. The van der Waals surface area contributed by atoms with Gasteiger partial charge < -0.3 is 10.1 Å². The quantitative estimate of drug-likeness (QED) is 0.871. The Hall–Kier alpha value is -2.70. The second kappa shape index (κ2) is 6.17. The van der Waals surface area contributed by atoms with Crippen molar-refractivity contribution in [3.8, 4) is 0 Å². The summed E-state index contributed by atoms with van der Waals surface area (Å²) in [5.41, 5.74) is 1.08. The summed E-state index contributed by atoms with van der Waals surface area (Å²) in [6, 6.07) is 4.24. The normalized spacial score (nSPS) is 10.2. The van der Waals surface area contributed by atoms with Crippen LogP contribution in [0.15, 0.2) is 30.6 Å². The summed E-state index contributed by atoms with van der Waals surface area (Å²) in [6.07, 6.45) is 2.88. The maximum absolute atomic E-state index is 13.4. The van der Waals surface area contributed by atoms with Gasteiger partial charge >= 0.3 is 5.97 Å². The number of aromatic nitrogens is 2. The molecule has 0 atom stereocenters. The Bertz CT molecular complexity index is 682. The standard InChI is InChI=1S/C14H14FN3O3/c1-9-3-4-10(5-12(9)15)14(20)17-11-6-16-18(7-11)8-13(19)21-2/h3-7H,8H2,1-2H3,(H,17,20). The van der Waals surface area contributed by atoms with Crippen molar-refractivity contribution in [1.29, 1.82) is 0 Å². The summed E-state index contributed by atoms with van der Waals surface area (Å²) in [6.45, 7) is 1.57. The van der Waals surface area contributed by atoms with E-state index in [0.29, 0.717) is 11.3 Å². The number of carbonyl (C=O) groups is 2. The number of carbonyl (C=O) groups excluding carboxylic acids is 2. The van der Waals surface area contributed by atoms with E-state index in [1.54, 1.807) is 6.92 Å². The van der Waals surface area contributed by atoms with E-state index in [-0.39, 0.29) is 12.1 Å². The number of nitrogens with zero attached hydrogens (tertiary/aromatic N) is 2. The third-order valence-corrected chi connectivity index (χ3v) is 2.84. The molecule has 1 heterocycles. The molecule has 6 nitrogen and oxygen atoms in total. The van der Waals surface area contributed by atoms with E-state index < -0.39 is 17.7 Å². The maximum Gasteiger partial charge on any atom is 0.327 e. The van der Waals surface area contributed by atoms with Gasteiger partial charge in [0.1, 0.15) is 12.4 Å². The van der Waals surface area contributed by atoms with Crippen molar-refractivity contribution in [1.82, 2.24) is 9.78 Å². The summed E-state index contributed by atoms with van der Waals surface area (Å²) in [4.78, 5) is 23.1. The van der Waals surface area contributed by atoms with Crippen LogP contribution >= 0.6 is 0 Å². The largest absolute Gasteiger partial charge is 0.468 e. The minimum atomic E-state index is -0.452. The lowest BCUT2D eigenvalue weighted by Gasteiger charge is -2.04. The zero-order chi connectivity index (χ0) is 15.4. The van der Waals surface area contributed by atoms with Gasteiger partial charge in [0.15, 0.2) is 0 Å². The van der Waals surface area contributed by atoms with Crippen molar-refractivity contribution in [2.45, 2.75) is 13.5 Å². The first kappa shape index (κ1) is 14.7. The molecule has 2 rings (SSSR count). The highest BCUT2D eigenvalue weighted by Crippen LogP contribution is 2.12. The number of methoxy groups -OCH3 is 1. The molecule has 0 spiro atoms. The van der Waals surface area contributed by atoms with Gasteiger partial charge in [-0.3, -0.25) is 14.3 Å². The minimum absolute atomic E-state index is 0.0501. The van der Waals surface area contributed by atoms with Crippen LogP contribution in [0.25, 0.3) is 0 Å². The first-order valence-corrected chi connectivity index (χ1v) is 6.16. The zero-order valence-corrected chi connectivity index (χ0v) is 11.6. The first-order chi connectivity index (χ1) is 9.99. The fourth-order valence-corrected chi connectivity index (χ4v) is 1.65. The number of benzene rings is 1. The van der Waals surface area contributed by atoms with Crippen LogP contribution in [0, 0.1) is 12.7 Å². The van der Waals surface area contributed by atoms with Gasteiger partial charge in [0.05, 0.1) is 19.0 Å². The Morgan fingerprint density at radius 2 is 2.19 bits per heavy atom. The highest BCUT2D eigenvalue weighted by Gasteiger charge is 2.10. The summed E-state index contributed by atoms with van der Waals surface area (Å²) in [5.74, 6) is -1.34. The van der Waals surface area contributed by atoms with E-state index in [1.165, 1.54) is 42.4 Å². The summed E-state index contributed by atoms with van der Waals surface area (Å²) in [7, 11) is 1.28. The molecule has 21 heavy (non-hydrogen) atoms. The fourth-order valence-electron chi connectivity index (χ4n) is 1.65. The van der Waals surface area contributed by atoms with E-state index >= 15 is 0 Å². The molecule has 7 heteroatoms. The van der Waals surface area contributed by atoms with Crippen molar-refractivity contribution < 1.29 is 18.7 Å². The smallest absolute Gasteiger partial charge is 0.327 e. The zero-order valence-electron chi connectivity index (χ0n) is 11.6. The molecule has 0 saturated heterocycles. The molecule has 0 aliphatic rings. The molecule has 0 unspecified atom stereocenters. The summed E-state index contributed by atoms with van der Waals surface area (Å²) < 4.78 is 19.3. The average Bonchev–Trinajstić information content (AvgIpc) is 2.88. The molecule has 1 aromatic carbocycles. The van der Waals surface area contributed by atoms with Crippen LogP contribution in [0.5, 0.6) is 0 Å². The number of halogens is 1. The SMILES string of the molecule is COC(=O)Cn1cc(NC(=O)c2ccc(C)c(F)c2)cn1. The molecule has 0 fully saturated rings. The number of nitrogens with one attached hydrogen (secondary N) is 1. The topological polar surface area (TPSA) is 73.2 Å². The van der Waals surface area contributed by atoms with Crippen LogP contribution in [0.2, 0.25) is 0 Å². The molecule has 0 bridgehead atoms. The molecule has 0 aliphatic carbocycles. The fraction of sp³-hybridized carbons (Fsp3) is 0.214. The molecule has 110 valence electrons. The molecular formula is C14H14FN3O3. The number of amides is 1. The van der Waals surface area contributed by atoms with E-state index in [4.69, 9.17) is 0 Å². The first-order valence-electron chi connectivity index (χ1n) is 6.16. The van der Waals surface area contributed by atoms with Gasteiger partial charge in [0, 0.05) is 11.8 Å². The second-order valence-corrected chi connectivity index (χ2v) is 4.42. The van der Waals surface area contributed by atoms with Crippen molar-refractivity contribution in [3.05, 3.63) is 47.5 Å². The molecule has 1 N–H and O–H groups in total. The van der Waals surface area contributed by atoms with Gasteiger partial charge in [-0.05, 0) is 24.6 Å². The molecule has 1 aromatic heterocycles. The number of esters is 1. The third-order valence-electron chi connectivity index (χ3n) is 2.84. The number of anilines is 1. The van der Waals surface area contributed by atoms with E-state index in [0.717, 1.165) is 0 Å². The highest BCUT2D eigenvalue weighted by atomic mass is 19.1. The Morgan fingerprint density at radius 3 is 2.86 bits per heavy atom. The predicted molar refractivity (Wildman–Crippen MR) is 73.3 cm³/mol. The van der Waals surface area contributed by atoms with E-state index in [9.17, 15) is 14.0 Å². The number of ether oxygens (including phenoxy) is 1. The van der Waals surface area contributed by atoms with Gasteiger partial charge in [-0.25, -0.2) is 4.39 Å².